The largest absolute Gasteiger partial charge is 0.444 e. The number of carbonyl (C=O) groups excluding carboxylic acids is 1. The first-order chi connectivity index (χ1) is 16.6. The summed E-state index contributed by atoms with van der Waals surface area (Å²) in [5.41, 5.74) is 2.55. The van der Waals surface area contributed by atoms with Gasteiger partial charge in [-0.25, -0.2) is 9.48 Å². The number of nitrogens with zero attached hydrogens (tertiary/aromatic N) is 4. The molecule has 2 aromatic rings. The molecule has 8 heteroatoms. The Hall–Kier alpha value is -2.25. The minimum Gasteiger partial charge on any atom is -0.444 e. The summed E-state index contributed by atoms with van der Waals surface area (Å²) >= 11 is 6.81. The molecule has 1 aromatic heterocycles. The van der Waals surface area contributed by atoms with Crippen LogP contribution in [-0.4, -0.2) is 58.7 Å². The lowest BCUT2D eigenvalue weighted by molar-refractivity contribution is -0.0394. The van der Waals surface area contributed by atoms with Gasteiger partial charge in [0.2, 0.25) is 0 Å². The van der Waals surface area contributed by atoms with Crippen LogP contribution < -0.4 is 4.90 Å². The molecule has 2 aliphatic rings. The number of carbonyl (C=O) groups is 1. The van der Waals surface area contributed by atoms with Crippen LogP contribution in [0.4, 0.5) is 10.5 Å². The zero-order chi connectivity index (χ0) is 25.2. The number of anilines is 1. The third kappa shape index (κ3) is 6.50. The van der Waals surface area contributed by atoms with E-state index in [-0.39, 0.29) is 18.4 Å². The van der Waals surface area contributed by atoms with Crippen molar-refractivity contribution in [1.82, 2.24) is 14.7 Å². The van der Waals surface area contributed by atoms with Crippen LogP contribution in [-0.2, 0) is 9.47 Å². The monoisotopic (exact) mass is 502 g/mol. The fourth-order valence-corrected chi connectivity index (χ4v) is 5.20. The number of benzene rings is 1. The van der Waals surface area contributed by atoms with Gasteiger partial charge in [-0.05, 0) is 70.1 Å². The molecule has 2 atom stereocenters. The van der Waals surface area contributed by atoms with E-state index in [0.717, 1.165) is 49.2 Å². The molecule has 0 spiro atoms. The summed E-state index contributed by atoms with van der Waals surface area (Å²) in [7, 11) is 0. The smallest absolute Gasteiger partial charge is 0.410 e. The van der Waals surface area contributed by atoms with E-state index in [1.165, 1.54) is 6.42 Å². The summed E-state index contributed by atoms with van der Waals surface area (Å²) in [5, 5.41) is 5.24. The molecule has 2 aliphatic heterocycles. The fraction of sp³-hybridized carbons (Fsp3) is 0.630. The number of halogens is 1. The van der Waals surface area contributed by atoms with Crippen LogP contribution in [0.25, 0.3) is 11.1 Å². The van der Waals surface area contributed by atoms with Crippen molar-refractivity contribution < 1.29 is 14.3 Å². The summed E-state index contributed by atoms with van der Waals surface area (Å²) in [6.07, 6.45) is 7.89. The van der Waals surface area contributed by atoms with Gasteiger partial charge < -0.3 is 19.3 Å². The molecule has 0 radical (unpaired) electrons. The Morgan fingerprint density at radius 1 is 1.23 bits per heavy atom. The second kappa shape index (κ2) is 10.8. The van der Waals surface area contributed by atoms with Crippen LogP contribution in [0.3, 0.4) is 0 Å². The van der Waals surface area contributed by atoms with Crippen LogP contribution in [0.2, 0.25) is 5.02 Å². The first kappa shape index (κ1) is 25.8. The number of aromatic nitrogens is 2. The van der Waals surface area contributed by atoms with Crippen LogP contribution in [0.15, 0.2) is 30.6 Å². The van der Waals surface area contributed by atoms with Gasteiger partial charge in [0.25, 0.3) is 0 Å². The number of amides is 1. The van der Waals surface area contributed by atoms with Crippen LogP contribution >= 0.6 is 11.6 Å². The predicted octanol–water partition coefficient (Wildman–Crippen LogP) is 6.37. The lowest BCUT2D eigenvalue weighted by Gasteiger charge is -2.43. The van der Waals surface area contributed by atoms with E-state index in [0.29, 0.717) is 24.0 Å². The highest BCUT2D eigenvalue weighted by Crippen LogP contribution is 2.34. The number of piperazine rings is 1. The molecule has 1 amide bonds. The van der Waals surface area contributed by atoms with E-state index < -0.39 is 5.60 Å². The van der Waals surface area contributed by atoms with E-state index >= 15 is 0 Å². The van der Waals surface area contributed by atoms with Gasteiger partial charge in [0, 0.05) is 38.0 Å². The molecule has 0 bridgehead atoms. The van der Waals surface area contributed by atoms with Crippen molar-refractivity contribution in [3.63, 3.8) is 0 Å². The Morgan fingerprint density at radius 2 is 2.03 bits per heavy atom. The van der Waals surface area contributed by atoms with E-state index in [4.69, 9.17) is 21.1 Å². The molecular weight excluding hydrogens is 464 g/mol. The summed E-state index contributed by atoms with van der Waals surface area (Å²) in [4.78, 5) is 17.1. The third-order valence-electron chi connectivity index (χ3n) is 6.53. The zero-order valence-electron chi connectivity index (χ0n) is 21.7. The number of ether oxygens (including phenoxy) is 2. The maximum atomic E-state index is 12.9. The Labute approximate surface area is 214 Å². The Kier molecular flexibility index (Phi) is 7.96. The summed E-state index contributed by atoms with van der Waals surface area (Å²) in [5.74, 6) is 0.465. The predicted molar refractivity (Wildman–Crippen MR) is 140 cm³/mol. The minimum atomic E-state index is -0.507. The van der Waals surface area contributed by atoms with Crippen LogP contribution in [0.5, 0.6) is 0 Å². The molecule has 35 heavy (non-hydrogen) atoms. The lowest BCUT2D eigenvalue weighted by atomic mass is 9.99. The molecule has 2 unspecified atom stereocenters. The van der Waals surface area contributed by atoms with Crippen molar-refractivity contribution in [3.8, 4) is 11.1 Å². The normalized spacial score (nSPS) is 21.5. The quantitative estimate of drug-likeness (QED) is 0.475. The molecule has 0 N–H and O–H groups in total. The summed E-state index contributed by atoms with van der Waals surface area (Å²) in [6, 6.07) is 6.27. The number of rotatable bonds is 5. The SMILES string of the molecule is CC(C)CC1CN(c2ccc(-c3cnn(C4CCCCO4)c3)cc2Cl)CCN1C(=O)OC(C)(C)C. The molecule has 2 fully saturated rings. The second-order valence-corrected chi connectivity index (χ2v) is 11.5. The Bertz CT molecular complexity index is 1010. The van der Waals surface area contributed by atoms with Gasteiger partial charge >= 0.3 is 6.09 Å². The Balaban J connectivity index is 1.48. The van der Waals surface area contributed by atoms with Gasteiger partial charge in [0.1, 0.15) is 11.8 Å². The van der Waals surface area contributed by atoms with Crippen LogP contribution in [0, 0.1) is 5.92 Å². The average Bonchev–Trinajstić information content (AvgIpc) is 3.28. The van der Waals surface area contributed by atoms with Crippen LogP contribution in [0.1, 0.15) is 66.5 Å². The lowest BCUT2D eigenvalue weighted by Crippen LogP contribution is -2.56. The van der Waals surface area contributed by atoms with Gasteiger partial charge in [0.05, 0.1) is 22.9 Å². The van der Waals surface area contributed by atoms with Crippen molar-refractivity contribution in [1.29, 1.82) is 0 Å². The molecule has 4 rings (SSSR count). The summed E-state index contributed by atoms with van der Waals surface area (Å²) in [6.45, 7) is 12.9. The summed E-state index contributed by atoms with van der Waals surface area (Å²) < 4.78 is 13.5. The van der Waals surface area contributed by atoms with Gasteiger partial charge in [-0.15, -0.1) is 0 Å². The van der Waals surface area contributed by atoms with Crippen molar-refractivity contribution in [2.24, 2.45) is 5.92 Å². The van der Waals surface area contributed by atoms with Gasteiger partial charge in [-0.3, -0.25) is 0 Å². The Morgan fingerprint density at radius 3 is 2.69 bits per heavy atom. The highest BCUT2D eigenvalue weighted by atomic mass is 35.5. The average molecular weight is 503 g/mol. The first-order valence-electron chi connectivity index (χ1n) is 12.8. The molecular formula is C27H39ClN4O3. The molecule has 192 valence electrons. The standard InChI is InChI=1S/C27H39ClN4O3/c1-19(2)14-22-18-30(11-12-31(22)26(33)35-27(3,4)5)24-10-9-20(15-23(24)28)21-16-29-32(17-21)25-8-6-7-13-34-25/h9-10,15-17,19,22,25H,6-8,11-14,18H2,1-5H3. The maximum Gasteiger partial charge on any atom is 0.410 e. The van der Waals surface area contributed by atoms with E-state index in [1.807, 2.05) is 48.8 Å². The molecule has 0 saturated carbocycles. The van der Waals surface area contributed by atoms with E-state index in [1.54, 1.807) is 0 Å². The highest BCUT2D eigenvalue weighted by molar-refractivity contribution is 6.33. The van der Waals surface area contributed by atoms with Crippen molar-refractivity contribution in [3.05, 3.63) is 35.6 Å². The molecule has 2 saturated heterocycles. The van der Waals surface area contributed by atoms with Gasteiger partial charge in [-0.2, -0.15) is 5.10 Å². The molecule has 0 aliphatic carbocycles. The highest BCUT2D eigenvalue weighted by Gasteiger charge is 2.34. The molecule has 1 aromatic carbocycles. The van der Waals surface area contributed by atoms with E-state index in [2.05, 4.69) is 36.0 Å². The second-order valence-electron chi connectivity index (χ2n) is 11.1. The maximum absolute atomic E-state index is 12.9. The van der Waals surface area contributed by atoms with Crippen molar-refractivity contribution in [2.75, 3.05) is 31.1 Å². The molecule has 3 heterocycles. The third-order valence-corrected chi connectivity index (χ3v) is 6.83. The fourth-order valence-electron chi connectivity index (χ4n) is 4.90. The number of hydrogen-bond acceptors (Lipinski definition) is 5. The van der Waals surface area contributed by atoms with Gasteiger partial charge in [0.15, 0.2) is 0 Å². The molecule has 7 nitrogen and oxygen atoms in total. The van der Waals surface area contributed by atoms with Gasteiger partial charge in [-0.1, -0.05) is 31.5 Å². The number of hydrogen-bond donors (Lipinski definition) is 0. The van der Waals surface area contributed by atoms with Crippen molar-refractivity contribution >= 4 is 23.4 Å². The topological polar surface area (TPSA) is 59.8 Å². The van der Waals surface area contributed by atoms with E-state index in [9.17, 15) is 4.79 Å². The van der Waals surface area contributed by atoms with Crippen molar-refractivity contribution in [2.45, 2.75) is 78.2 Å². The zero-order valence-corrected chi connectivity index (χ0v) is 22.4. The first-order valence-corrected chi connectivity index (χ1v) is 13.2. The minimum absolute atomic E-state index is 0.0198.